The lowest BCUT2D eigenvalue weighted by atomic mass is 9.95. The summed E-state index contributed by atoms with van der Waals surface area (Å²) in [6.45, 7) is 0. The summed E-state index contributed by atoms with van der Waals surface area (Å²) >= 11 is 1.86. The summed E-state index contributed by atoms with van der Waals surface area (Å²) < 4.78 is 9.04. The molecule has 0 fully saturated rings. The number of hydrogen-bond acceptors (Lipinski definition) is 3. The predicted octanol–water partition coefficient (Wildman–Crippen LogP) is 13.9. The molecule has 0 aliphatic carbocycles. The molecule has 0 aliphatic rings. The Kier molecular flexibility index (Phi) is 6.39. The molecule has 230 valence electrons. The third-order valence-electron chi connectivity index (χ3n) is 9.69. The van der Waals surface area contributed by atoms with Crippen molar-refractivity contribution in [1.29, 1.82) is 0 Å². The van der Waals surface area contributed by atoms with Crippen LogP contribution in [-0.2, 0) is 0 Å². The van der Waals surface area contributed by atoms with E-state index < -0.39 is 0 Å². The molecule has 0 spiro atoms. The monoisotopic (exact) mass is 643 g/mol. The van der Waals surface area contributed by atoms with E-state index in [0.29, 0.717) is 0 Å². The van der Waals surface area contributed by atoms with Gasteiger partial charge in [-0.3, -0.25) is 0 Å². The summed E-state index contributed by atoms with van der Waals surface area (Å²) in [6.07, 6.45) is 0. The van der Waals surface area contributed by atoms with Crippen molar-refractivity contribution in [2.45, 2.75) is 0 Å². The van der Waals surface area contributed by atoms with E-state index in [-0.39, 0.29) is 0 Å². The number of anilines is 3. The fourth-order valence-electron chi connectivity index (χ4n) is 7.51. The lowest BCUT2D eigenvalue weighted by Crippen LogP contribution is -2.11. The van der Waals surface area contributed by atoms with E-state index in [1.54, 1.807) is 0 Å². The molecule has 0 radical (unpaired) electrons. The van der Waals surface area contributed by atoms with Crippen molar-refractivity contribution in [2.75, 3.05) is 4.90 Å². The molecule has 0 atom stereocenters. The second-order valence-corrected chi connectivity index (χ2v) is 13.5. The Balaban J connectivity index is 1.21. The van der Waals surface area contributed by atoms with Crippen LogP contribution in [0.4, 0.5) is 17.1 Å². The van der Waals surface area contributed by atoms with Crippen molar-refractivity contribution in [1.82, 2.24) is 0 Å². The first kappa shape index (κ1) is 27.9. The van der Waals surface area contributed by atoms with E-state index in [0.717, 1.165) is 39.0 Å². The SMILES string of the molecule is c1ccc(N(c2ccc(-c3cccc4sc5ccccc5c34)cc2)c2cccc3oc4ccccc4c23)c(-c2cccc3ccccc23)c1. The average molecular weight is 644 g/mol. The van der Waals surface area contributed by atoms with E-state index in [1.807, 2.05) is 17.4 Å². The maximum Gasteiger partial charge on any atom is 0.137 e. The Labute approximate surface area is 287 Å². The minimum Gasteiger partial charge on any atom is -0.456 e. The van der Waals surface area contributed by atoms with Crippen molar-refractivity contribution in [3.8, 4) is 22.3 Å². The topological polar surface area (TPSA) is 16.4 Å². The lowest BCUT2D eigenvalue weighted by Gasteiger charge is -2.29. The van der Waals surface area contributed by atoms with Gasteiger partial charge in [0, 0.05) is 36.8 Å². The zero-order valence-electron chi connectivity index (χ0n) is 26.5. The highest BCUT2D eigenvalue weighted by Crippen LogP contribution is 2.47. The van der Waals surface area contributed by atoms with Gasteiger partial charge in [-0.25, -0.2) is 0 Å². The van der Waals surface area contributed by atoms with Gasteiger partial charge < -0.3 is 9.32 Å². The molecule has 2 nitrogen and oxygen atoms in total. The van der Waals surface area contributed by atoms with Crippen LogP contribution in [0.15, 0.2) is 180 Å². The minimum atomic E-state index is 0.874. The second-order valence-electron chi connectivity index (χ2n) is 12.5. The summed E-state index contributed by atoms with van der Waals surface area (Å²) in [5, 5.41) is 7.30. The molecular formula is C46H29NOS. The molecule has 2 heterocycles. The van der Waals surface area contributed by atoms with Crippen molar-refractivity contribution in [3.05, 3.63) is 176 Å². The van der Waals surface area contributed by atoms with Gasteiger partial charge in [-0.1, -0.05) is 127 Å². The number of fused-ring (bicyclic) bond motifs is 7. The first-order valence-corrected chi connectivity index (χ1v) is 17.4. The van der Waals surface area contributed by atoms with E-state index in [4.69, 9.17) is 4.42 Å². The van der Waals surface area contributed by atoms with Crippen LogP contribution >= 0.6 is 11.3 Å². The third kappa shape index (κ3) is 4.47. The molecule has 2 aromatic heterocycles. The molecule has 0 saturated carbocycles. The minimum absolute atomic E-state index is 0.874. The number of nitrogens with zero attached hydrogens (tertiary/aromatic N) is 1. The smallest absolute Gasteiger partial charge is 0.137 e. The quantitative estimate of drug-likeness (QED) is 0.186. The van der Waals surface area contributed by atoms with Crippen LogP contribution in [0.5, 0.6) is 0 Å². The van der Waals surface area contributed by atoms with Gasteiger partial charge in [-0.2, -0.15) is 0 Å². The van der Waals surface area contributed by atoms with Gasteiger partial charge in [-0.15, -0.1) is 11.3 Å². The lowest BCUT2D eigenvalue weighted by molar-refractivity contribution is 0.669. The summed E-state index contributed by atoms with van der Waals surface area (Å²) in [6, 6.07) is 63.2. The van der Waals surface area contributed by atoms with Gasteiger partial charge in [0.2, 0.25) is 0 Å². The molecule has 0 aliphatic heterocycles. The average Bonchev–Trinajstić information content (AvgIpc) is 3.74. The Morgan fingerprint density at radius 3 is 1.92 bits per heavy atom. The van der Waals surface area contributed by atoms with E-state index in [1.165, 1.54) is 53.2 Å². The summed E-state index contributed by atoms with van der Waals surface area (Å²) in [4.78, 5) is 2.41. The molecule has 10 aromatic rings. The standard InChI is InChI=1S/C46H29NOS/c1-2-14-33-30(12-1)13-9-19-35(33)36-15-3-6-20-39(36)47(40-21-11-23-42-46(40)37-16-4-7-22-41(37)48-42)32-28-26-31(27-29-32)34-18-10-25-44-45(34)38-17-5-8-24-43(38)49-44/h1-29H. The van der Waals surface area contributed by atoms with Crippen LogP contribution in [0.2, 0.25) is 0 Å². The van der Waals surface area contributed by atoms with Gasteiger partial charge in [0.1, 0.15) is 11.2 Å². The molecule has 49 heavy (non-hydrogen) atoms. The van der Waals surface area contributed by atoms with E-state index in [2.05, 4.69) is 175 Å². The molecule has 0 N–H and O–H groups in total. The van der Waals surface area contributed by atoms with Crippen LogP contribution < -0.4 is 4.90 Å². The van der Waals surface area contributed by atoms with Crippen molar-refractivity contribution >= 4 is 81.3 Å². The van der Waals surface area contributed by atoms with Crippen LogP contribution in [0.25, 0.3) is 75.1 Å². The molecule has 10 rings (SSSR count). The van der Waals surface area contributed by atoms with Gasteiger partial charge in [-0.05, 0) is 76.0 Å². The maximum absolute atomic E-state index is 6.41. The van der Waals surface area contributed by atoms with Crippen LogP contribution in [0.1, 0.15) is 0 Å². The van der Waals surface area contributed by atoms with Gasteiger partial charge in [0.15, 0.2) is 0 Å². The van der Waals surface area contributed by atoms with Crippen LogP contribution in [-0.4, -0.2) is 0 Å². The Hall–Kier alpha value is -6.16. The Morgan fingerprint density at radius 1 is 0.388 bits per heavy atom. The van der Waals surface area contributed by atoms with Gasteiger partial charge in [0.25, 0.3) is 0 Å². The number of para-hydroxylation sites is 2. The van der Waals surface area contributed by atoms with Crippen molar-refractivity contribution in [3.63, 3.8) is 0 Å². The molecule has 0 amide bonds. The second kappa shape index (κ2) is 11.2. The van der Waals surface area contributed by atoms with E-state index >= 15 is 0 Å². The number of furan rings is 1. The maximum atomic E-state index is 6.41. The largest absolute Gasteiger partial charge is 0.456 e. The zero-order chi connectivity index (χ0) is 32.3. The highest BCUT2D eigenvalue weighted by molar-refractivity contribution is 7.25. The normalized spacial score (nSPS) is 11.7. The molecular weight excluding hydrogens is 615 g/mol. The summed E-state index contributed by atoms with van der Waals surface area (Å²) in [5.74, 6) is 0. The fourth-order valence-corrected chi connectivity index (χ4v) is 8.64. The number of benzene rings is 8. The molecule has 3 heteroatoms. The first-order chi connectivity index (χ1) is 24.3. The molecule has 0 saturated heterocycles. The first-order valence-electron chi connectivity index (χ1n) is 16.6. The number of thiophene rings is 1. The summed E-state index contributed by atoms with van der Waals surface area (Å²) in [5.41, 5.74) is 9.86. The van der Waals surface area contributed by atoms with E-state index in [9.17, 15) is 0 Å². The van der Waals surface area contributed by atoms with Crippen LogP contribution in [0, 0.1) is 0 Å². The molecule has 0 unspecified atom stereocenters. The number of rotatable bonds is 5. The number of hydrogen-bond donors (Lipinski definition) is 0. The highest BCUT2D eigenvalue weighted by atomic mass is 32.1. The highest BCUT2D eigenvalue weighted by Gasteiger charge is 2.22. The summed E-state index contributed by atoms with van der Waals surface area (Å²) in [7, 11) is 0. The van der Waals surface area contributed by atoms with Gasteiger partial charge in [0.05, 0.1) is 16.8 Å². The Morgan fingerprint density at radius 2 is 1.00 bits per heavy atom. The van der Waals surface area contributed by atoms with Crippen LogP contribution in [0.3, 0.4) is 0 Å². The fraction of sp³-hybridized carbons (Fsp3) is 0. The van der Waals surface area contributed by atoms with Gasteiger partial charge >= 0.3 is 0 Å². The zero-order valence-corrected chi connectivity index (χ0v) is 27.3. The van der Waals surface area contributed by atoms with Crippen molar-refractivity contribution in [2.24, 2.45) is 0 Å². The predicted molar refractivity (Wildman–Crippen MR) is 210 cm³/mol. The molecule has 8 aromatic carbocycles. The van der Waals surface area contributed by atoms with Crippen molar-refractivity contribution < 1.29 is 4.42 Å². The third-order valence-corrected chi connectivity index (χ3v) is 10.8. The Bertz CT molecular complexity index is 2840. The molecule has 0 bridgehead atoms.